The number of hydrogen-bond donors (Lipinski definition) is 0. The molecule has 1 aromatic heterocycles. The molecule has 2 aliphatic heterocycles. The fraction of sp³-hybridized carbons (Fsp3) is 0.652. The third-order valence-corrected chi connectivity index (χ3v) is 6.95. The molecule has 0 spiro atoms. The van der Waals surface area contributed by atoms with E-state index in [1.54, 1.807) is 0 Å². The highest BCUT2D eigenvalue weighted by Gasteiger charge is 2.51. The van der Waals surface area contributed by atoms with Crippen LogP contribution in [0.3, 0.4) is 0 Å². The number of fused-ring (bicyclic) bond motifs is 1. The van der Waals surface area contributed by atoms with E-state index in [9.17, 15) is 0 Å². The minimum atomic E-state index is 0.464. The van der Waals surface area contributed by atoms with Crippen LogP contribution in [-0.4, -0.2) is 63.8 Å². The Balaban J connectivity index is 1.40. The minimum absolute atomic E-state index is 0.464. The van der Waals surface area contributed by atoms with Crippen LogP contribution in [0.1, 0.15) is 37.6 Å². The molecular weight excluding hydrogens is 346 g/mol. The maximum Gasteiger partial charge on any atom is 0.129 e. The van der Waals surface area contributed by atoms with Gasteiger partial charge >= 0.3 is 0 Å². The summed E-state index contributed by atoms with van der Waals surface area (Å²) < 4.78 is 2.18. The van der Waals surface area contributed by atoms with Gasteiger partial charge in [0.05, 0.1) is 0 Å². The summed E-state index contributed by atoms with van der Waals surface area (Å²) in [5, 5.41) is 8.15. The van der Waals surface area contributed by atoms with Crippen LogP contribution in [0.4, 0.5) is 0 Å². The van der Waals surface area contributed by atoms with E-state index in [0.717, 1.165) is 24.8 Å². The molecule has 0 N–H and O–H groups in total. The van der Waals surface area contributed by atoms with Crippen molar-refractivity contribution in [1.82, 2.24) is 24.6 Å². The summed E-state index contributed by atoms with van der Waals surface area (Å²) in [7, 11) is 0. The molecule has 4 rings (SSSR count). The average molecular weight is 382 g/mol. The van der Waals surface area contributed by atoms with Crippen molar-refractivity contribution < 1.29 is 0 Å². The lowest BCUT2D eigenvalue weighted by Crippen LogP contribution is -2.36. The Bertz CT molecular complexity index is 742. The Morgan fingerprint density at radius 3 is 2.46 bits per heavy atom. The maximum absolute atomic E-state index is 4.12. The topological polar surface area (TPSA) is 37.2 Å². The van der Waals surface area contributed by atoms with Crippen LogP contribution in [-0.2, 0) is 13.0 Å². The Hall–Kier alpha value is -1.72. The number of unbranched alkanes of at least 4 members (excludes halogenated alkanes) is 1. The van der Waals surface area contributed by atoms with Crippen molar-refractivity contribution in [1.29, 1.82) is 0 Å². The minimum Gasteiger partial charge on any atom is -0.317 e. The van der Waals surface area contributed by atoms with Gasteiger partial charge in [0.25, 0.3) is 0 Å². The van der Waals surface area contributed by atoms with E-state index in [1.165, 1.54) is 64.0 Å². The number of rotatable bonds is 9. The molecule has 1 aromatic carbocycles. The lowest BCUT2D eigenvalue weighted by Gasteiger charge is -2.30. The first-order chi connectivity index (χ1) is 13.7. The number of likely N-dealkylation sites (tertiary alicyclic amines) is 2. The number of benzene rings is 1. The first-order valence-electron chi connectivity index (χ1n) is 11.0. The van der Waals surface area contributed by atoms with E-state index in [1.807, 2.05) is 13.3 Å². The quantitative estimate of drug-likeness (QED) is 0.668. The molecular formula is C23H35N5. The predicted molar refractivity (Wildman–Crippen MR) is 113 cm³/mol. The van der Waals surface area contributed by atoms with E-state index in [4.69, 9.17) is 0 Å². The van der Waals surface area contributed by atoms with Gasteiger partial charge in [-0.15, -0.1) is 10.2 Å². The summed E-state index contributed by atoms with van der Waals surface area (Å²) in [5.41, 5.74) is 1.95. The van der Waals surface area contributed by atoms with Gasteiger partial charge in [0.1, 0.15) is 12.2 Å². The molecule has 0 amide bonds. The highest BCUT2D eigenvalue weighted by molar-refractivity contribution is 5.16. The Labute approximate surface area is 169 Å². The number of aryl methyl sites for hydroxylation is 2. The van der Waals surface area contributed by atoms with Crippen LogP contribution in [0, 0.1) is 18.3 Å². The molecule has 2 atom stereocenters. The van der Waals surface area contributed by atoms with Gasteiger partial charge in [-0.2, -0.15) is 0 Å². The van der Waals surface area contributed by atoms with Crippen LogP contribution in [0.5, 0.6) is 0 Å². The molecule has 2 saturated heterocycles. The monoisotopic (exact) mass is 381 g/mol. The van der Waals surface area contributed by atoms with Gasteiger partial charge in [-0.25, -0.2) is 0 Å². The molecule has 0 bridgehead atoms. The summed E-state index contributed by atoms with van der Waals surface area (Å²) in [6.45, 7) is 12.8. The number of hydrogen-bond acceptors (Lipinski definition) is 4. The molecule has 152 valence electrons. The Morgan fingerprint density at radius 2 is 1.79 bits per heavy atom. The highest BCUT2D eigenvalue weighted by Crippen LogP contribution is 2.45. The summed E-state index contributed by atoms with van der Waals surface area (Å²) in [4.78, 5) is 5.45. The van der Waals surface area contributed by atoms with E-state index < -0.39 is 0 Å². The van der Waals surface area contributed by atoms with Crippen LogP contribution in [0.25, 0.3) is 0 Å². The van der Waals surface area contributed by atoms with Gasteiger partial charge < -0.3 is 14.4 Å². The molecule has 0 aliphatic carbocycles. The first kappa shape index (κ1) is 19.6. The van der Waals surface area contributed by atoms with Crippen LogP contribution in [0.2, 0.25) is 0 Å². The third kappa shape index (κ3) is 4.31. The fourth-order valence-electron chi connectivity index (χ4n) is 5.30. The van der Waals surface area contributed by atoms with Crippen molar-refractivity contribution in [2.45, 2.75) is 46.1 Å². The lowest BCUT2D eigenvalue weighted by atomic mass is 9.76. The van der Waals surface area contributed by atoms with Crippen molar-refractivity contribution in [3.8, 4) is 0 Å². The molecule has 2 aromatic rings. The summed E-state index contributed by atoms with van der Waals surface area (Å²) in [6, 6.07) is 11.1. The molecule has 2 fully saturated rings. The Morgan fingerprint density at radius 1 is 1.04 bits per heavy atom. The van der Waals surface area contributed by atoms with Gasteiger partial charge in [-0.3, -0.25) is 0 Å². The van der Waals surface area contributed by atoms with Gasteiger partial charge in [0.2, 0.25) is 0 Å². The standard InChI is InChI=1S/C23H35N5/c1-3-4-12-26-15-22-16-27(13-14-28-19-24-25-20(28)2)18-23(22,17-26)11-10-21-8-6-5-7-9-21/h5-9,19,22H,3-4,10-18H2,1-2H3. The second-order valence-corrected chi connectivity index (χ2v) is 8.94. The van der Waals surface area contributed by atoms with Crippen molar-refractivity contribution in [2.75, 3.05) is 39.3 Å². The second kappa shape index (κ2) is 8.75. The zero-order valence-electron chi connectivity index (χ0n) is 17.6. The summed E-state index contributed by atoms with van der Waals surface area (Å²) in [5.74, 6) is 1.83. The Kier molecular flexibility index (Phi) is 6.12. The van der Waals surface area contributed by atoms with Gasteiger partial charge in [0, 0.05) is 44.7 Å². The predicted octanol–water partition coefficient (Wildman–Crippen LogP) is 3.25. The molecule has 28 heavy (non-hydrogen) atoms. The normalized spacial score (nSPS) is 25.4. The fourth-order valence-corrected chi connectivity index (χ4v) is 5.30. The molecule has 3 heterocycles. The SMILES string of the molecule is CCCCN1CC2CN(CCn3cnnc3C)CC2(CCc2ccccc2)C1. The van der Waals surface area contributed by atoms with Crippen molar-refractivity contribution in [3.63, 3.8) is 0 Å². The molecule has 2 unspecified atom stereocenters. The van der Waals surface area contributed by atoms with Crippen LogP contribution < -0.4 is 0 Å². The maximum atomic E-state index is 4.12. The molecule has 0 radical (unpaired) electrons. The molecule has 5 heteroatoms. The highest BCUT2D eigenvalue weighted by atomic mass is 15.3. The third-order valence-electron chi connectivity index (χ3n) is 6.95. The molecule has 0 saturated carbocycles. The molecule has 5 nitrogen and oxygen atoms in total. The zero-order chi connectivity index (χ0) is 19.4. The first-order valence-corrected chi connectivity index (χ1v) is 11.0. The smallest absolute Gasteiger partial charge is 0.129 e. The van der Waals surface area contributed by atoms with Gasteiger partial charge in [-0.1, -0.05) is 43.7 Å². The van der Waals surface area contributed by atoms with E-state index >= 15 is 0 Å². The summed E-state index contributed by atoms with van der Waals surface area (Å²) in [6.07, 6.45) is 7.01. The van der Waals surface area contributed by atoms with Crippen molar-refractivity contribution in [2.24, 2.45) is 11.3 Å². The largest absolute Gasteiger partial charge is 0.317 e. The number of nitrogens with zero attached hydrogens (tertiary/aromatic N) is 5. The average Bonchev–Trinajstić information content (AvgIpc) is 3.36. The van der Waals surface area contributed by atoms with Gasteiger partial charge in [-0.05, 0) is 44.2 Å². The van der Waals surface area contributed by atoms with E-state index in [0.29, 0.717) is 5.41 Å². The second-order valence-electron chi connectivity index (χ2n) is 8.94. The zero-order valence-corrected chi connectivity index (χ0v) is 17.6. The number of aromatic nitrogens is 3. The van der Waals surface area contributed by atoms with E-state index in [2.05, 4.69) is 61.8 Å². The van der Waals surface area contributed by atoms with E-state index in [-0.39, 0.29) is 0 Å². The van der Waals surface area contributed by atoms with Crippen molar-refractivity contribution >= 4 is 0 Å². The summed E-state index contributed by atoms with van der Waals surface area (Å²) >= 11 is 0. The molecule has 2 aliphatic rings. The van der Waals surface area contributed by atoms with Gasteiger partial charge in [0.15, 0.2) is 0 Å². The van der Waals surface area contributed by atoms with Crippen LogP contribution >= 0.6 is 0 Å². The van der Waals surface area contributed by atoms with Crippen molar-refractivity contribution in [3.05, 3.63) is 48.0 Å². The lowest BCUT2D eigenvalue weighted by molar-refractivity contribution is 0.197. The van der Waals surface area contributed by atoms with Crippen LogP contribution in [0.15, 0.2) is 36.7 Å².